The summed E-state index contributed by atoms with van der Waals surface area (Å²) in [5.74, 6) is 0.856. The fraction of sp³-hybridized carbons (Fsp3) is 0.368. The van der Waals surface area contributed by atoms with Crippen molar-refractivity contribution < 1.29 is 9.53 Å². The Labute approximate surface area is 143 Å². The fourth-order valence-corrected chi connectivity index (χ4v) is 2.45. The van der Waals surface area contributed by atoms with E-state index in [0.717, 1.165) is 24.2 Å². The van der Waals surface area contributed by atoms with E-state index in [1.54, 1.807) is 19.5 Å². The van der Waals surface area contributed by atoms with E-state index in [1.807, 2.05) is 38.1 Å². The molecule has 5 nitrogen and oxygen atoms in total. The molecule has 0 saturated heterocycles. The molecule has 1 aromatic heterocycles. The Kier molecular flexibility index (Phi) is 6.61. The average molecular weight is 327 g/mol. The summed E-state index contributed by atoms with van der Waals surface area (Å²) in [4.78, 5) is 16.1. The van der Waals surface area contributed by atoms with Crippen LogP contribution in [-0.2, 0) is 6.42 Å². The maximum Gasteiger partial charge on any atom is 0.315 e. The van der Waals surface area contributed by atoms with Crippen LogP contribution in [0.5, 0.6) is 5.75 Å². The van der Waals surface area contributed by atoms with Crippen molar-refractivity contribution in [2.45, 2.75) is 38.8 Å². The first-order valence-corrected chi connectivity index (χ1v) is 8.18. The molecule has 1 aromatic carbocycles. The molecule has 0 aliphatic heterocycles. The van der Waals surface area contributed by atoms with E-state index >= 15 is 0 Å². The Morgan fingerprint density at radius 3 is 2.38 bits per heavy atom. The van der Waals surface area contributed by atoms with E-state index in [-0.39, 0.29) is 18.1 Å². The third kappa shape index (κ3) is 5.57. The number of amides is 2. The second-order valence-electron chi connectivity index (χ2n) is 5.91. The minimum absolute atomic E-state index is 0.0539. The second-order valence-corrected chi connectivity index (χ2v) is 5.91. The van der Waals surface area contributed by atoms with Crippen LogP contribution in [0.4, 0.5) is 4.79 Å². The zero-order chi connectivity index (χ0) is 17.4. The zero-order valence-corrected chi connectivity index (χ0v) is 14.5. The summed E-state index contributed by atoms with van der Waals surface area (Å²) in [6.45, 7) is 3.97. The smallest absolute Gasteiger partial charge is 0.315 e. The lowest BCUT2D eigenvalue weighted by molar-refractivity contribution is 0.234. The maximum absolute atomic E-state index is 12.1. The molecule has 128 valence electrons. The molecule has 0 fully saturated rings. The van der Waals surface area contributed by atoms with Crippen molar-refractivity contribution in [3.05, 3.63) is 59.9 Å². The van der Waals surface area contributed by atoms with E-state index in [1.165, 1.54) is 5.56 Å². The van der Waals surface area contributed by atoms with Gasteiger partial charge in [-0.05, 0) is 62.1 Å². The van der Waals surface area contributed by atoms with Gasteiger partial charge in [-0.25, -0.2) is 4.79 Å². The monoisotopic (exact) mass is 327 g/mol. The van der Waals surface area contributed by atoms with Crippen LogP contribution >= 0.6 is 0 Å². The van der Waals surface area contributed by atoms with Gasteiger partial charge < -0.3 is 15.4 Å². The highest BCUT2D eigenvalue weighted by Gasteiger charge is 2.11. The van der Waals surface area contributed by atoms with Gasteiger partial charge in [0.1, 0.15) is 5.75 Å². The van der Waals surface area contributed by atoms with Gasteiger partial charge in [-0.2, -0.15) is 0 Å². The Hall–Kier alpha value is -2.56. The summed E-state index contributed by atoms with van der Waals surface area (Å²) in [6, 6.07) is 11.7. The number of carbonyl (C=O) groups is 1. The molecule has 24 heavy (non-hydrogen) atoms. The normalized spacial score (nSPS) is 13.0. The largest absolute Gasteiger partial charge is 0.497 e. The van der Waals surface area contributed by atoms with Crippen LogP contribution in [0.2, 0.25) is 0 Å². The van der Waals surface area contributed by atoms with Crippen molar-refractivity contribution in [2.24, 2.45) is 0 Å². The first-order chi connectivity index (χ1) is 11.6. The predicted molar refractivity (Wildman–Crippen MR) is 95.1 cm³/mol. The van der Waals surface area contributed by atoms with E-state index in [9.17, 15) is 4.79 Å². The number of aromatic nitrogens is 1. The van der Waals surface area contributed by atoms with E-state index in [2.05, 4.69) is 27.8 Å². The molecule has 0 saturated carbocycles. The van der Waals surface area contributed by atoms with Crippen molar-refractivity contribution in [3.8, 4) is 5.75 Å². The van der Waals surface area contributed by atoms with Crippen LogP contribution in [0.25, 0.3) is 0 Å². The van der Waals surface area contributed by atoms with Crippen LogP contribution < -0.4 is 15.4 Å². The van der Waals surface area contributed by atoms with Gasteiger partial charge in [0, 0.05) is 18.4 Å². The van der Waals surface area contributed by atoms with Crippen LogP contribution in [-0.4, -0.2) is 24.2 Å². The molecule has 0 spiro atoms. The molecule has 0 bridgehead atoms. The van der Waals surface area contributed by atoms with E-state index in [4.69, 9.17) is 4.74 Å². The average Bonchev–Trinajstić information content (AvgIpc) is 2.61. The van der Waals surface area contributed by atoms with Gasteiger partial charge in [0.2, 0.25) is 0 Å². The highest BCUT2D eigenvalue weighted by molar-refractivity contribution is 5.74. The molecular weight excluding hydrogens is 302 g/mol. The number of hydrogen-bond donors (Lipinski definition) is 2. The summed E-state index contributed by atoms with van der Waals surface area (Å²) in [7, 11) is 1.66. The standard InChI is InChI=1S/C19H25N3O2/c1-14(4-5-16-6-8-18(24-3)9-7-16)21-19(23)22-15(2)17-10-12-20-13-11-17/h6-15H,4-5H2,1-3H3,(H2,21,22,23). The lowest BCUT2D eigenvalue weighted by atomic mass is 10.1. The van der Waals surface area contributed by atoms with Gasteiger partial charge in [0.15, 0.2) is 0 Å². The number of nitrogens with zero attached hydrogens (tertiary/aromatic N) is 1. The van der Waals surface area contributed by atoms with Crippen LogP contribution in [0.15, 0.2) is 48.8 Å². The predicted octanol–water partition coefficient (Wildman–Crippen LogP) is 3.47. The Morgan fingerprint density at radius 1 is 1.08 bits per heavy atom. The number of aryl methyl sites for hydroxylation is 1. The van der Waals surface area contributed by atoms with Gasteiger partial charge >= 0.3 is 6.03 Å². The highest BCUT2D eigenvalue weighted by atomic mass is 16.5. The minimum atomic E-state index is -0.151. The highest BCUT2D eigenvalue weighted by Crippen LogP contribution is 2.13. The topological polar surface area (TPSA) is 63.2 Å². The van der Waals surface area contributed by atoms with Crippen LogP contribution in [0.1, 0.15) is 37.4 Å². The number of rotatable bonds is 7. The molecule has 2 unspecified atom stereocenters. The Bertz CT molecular complexity index is 629. The van der Waals surface area contributed by atoms with Crippen molar-refractivity contribution in [3.63, 3.8) is 0 Å². The lowest BCUT2D eigenvalue weighted by Gasteiger charge is -2.18. The van der Waals surface area contributed by atoms with Gasteiger partial charge in [0.05, 0.1) is 13.2 Å². The third-order valence-corrected chi connectivity index (χ3v) is 3.96. The summed E-state index contributed by atoms with van der Waals surface area (Å²) in [5.41, 5.74) is 2.26. The molecule has 2 rings (SSSR count). The zero-order valence-electron chi connectivity index (χ0n) is 14.5. The molecule has 0 aliphatic carbocycles. The molecular formula is C19H25N3O2. The summed E-state index contributed by atoms with van der Waals surface area (Å²) >= 11 is 0. The third-order valence-electron chi connectivity index (χ3n) is 3.96. The minimum Gasteiger partial charge on any atom is -0.497 e. The Morgan fingerprint density at radius 2 is 1.75 bits per heavy atom. The van der Waals surface area contributed by atoms with Gasteiger partial charge in [-0.3, -0.25) is 4.98 Å². The first kappa shape index (κ1) is 17.8. The summed E-state index contributed by atoms with van der Waals surface area (Å²) in [5, 5.41) is 5.93. The van der Waals surface area contributed by atoms with Crippen molar-refractivity contribution in [1.29, 1.82) is 0 Å². The SMILES string of the molecule is COc1ccc(CCC(C)NC(=O)NC(C)c2ccncc2)cc1. The van der Waals surface area contributed by atoms with Crippen LogP contribution in [0.3, 0.4) is 0 Å². The number of carbonyl (C=O) groups excluding carboxylic acids is 1. The molecule has 2 amide bonds. The quantitative estimate of drug-likeness (QED) is 0.818. The number of hydrogen-bond acceptors (Lipinski definition) is 3. The molecule has 2 atom stereocenters. The first-order valence-electron chi connectivity index (χ1n) is 8.18. The van der Waals surface area contributed by atoms with Crippen molar-refractivity contribution in [1.82, 2.24) is 15.6 Å². The lowest BCUT2D eigenvalue weighted by Crippen LogP contribution is -2.41. The van der Waals surface area contributed by atoms with Gasteiger partial charge in [-0.15, -0.1) is 0 Å². The molecule has 2 aromatic rings. The molecule has 5 heteroatoms. The number of nitrogens with one attached hydrogen (secondary N) is 2. The van der Waals surface area contributed by atoms with Crippen molar-refractivity contribution in [2.75, 3.05) is 7.11 Å². The summed E-state index contributed by atoms with van der Waals surface area (Å²) < 4.78 is 5.15. The van der Waals surface area contributed by atoms with Crippen molar-refractivity contribution >= 4 is 6.03 Å². The number of pyridine rings is 1. The maximum atomic E-state index is 12.1. The van der Waals surface area contributed by atoms with E-state index in [0.29, 0.717) is 0 Å². The van der Waals surface area contributed by atoms with Gasteiger partial charge in [0.25, 0.3) is 0 Å². The molecule has 1 heterocycles. The summed E-state index contributed by atoms with van der Waals surface area (Å²) in [6.07, 6.45) is 5.24. The fourth-order valence-electron chi connectivity index (χ4n) is 2.45. The molecule has 2 N–H and O–H groups in total. The van der Waals surface area contributed by atoms with Gasteiger partial charge in [-0.1, -0.05) is 12.1 Å². The number of methoxy groups -OCH3 is 1. The number of ether oxygens (including phenoxy) is 1. The second kappa shape index (κ2) is 8.91. The molecule has 0 aliphatic rings. The number of urea groups is 1. The van der Waals surface area contributed by atoms with E-state index < -0.39 is 0 Å². The van der Waals surface area contributed by atoms with Crippen LogP contribution in [0, 0.1) is 0 Å². The number of benzene rings is 1. The molecule has 0 radical (unpaired) electrons. The Balaban J connectivity index is 1.74.